The second-order valence-corrected chi connectivity index (χ2v) is 7.19. The average Bonchev–Trinajstić information content (AvgIpc) is 2.38. The van der Waals surface area contributed by atoms with Crippen molar-refractivity contribution in [1.29, 1.82) is 0 Å². The van der Waals surface area contributed by atoms with E-state index < -0.39 is 0 Å². The van der Waals surface area contributed by atoms with Crippen molar-refractivity contribution in [1.82, 2.24) is 0 Å². The Hall–Kier alpha value is -1.03. The third-order valence-corrected chi connectivity index (χ3v) is 3.96. The Kier molecular flexibility index (Phi) is 4.74. The van der Waals surface area contributed by atoms with Crippen molar-refractivity contribution in [2.24, 2.45) is 5.92 Å². The second kappa shape index (κ2) is 6.17. The van der Waals surface area contributed by atoms with E-state index in [4.69, 9.17) is 4.74 Å². The molecule has 0 saturated carbocycles. The predicted molar refractivity (Wildman–Crippen MR) is 84.9 cm³/mol. The van der Waals surface area contributed by atoms with Crippen LogP contribution in [0.2, 0.25) is 0 Å². The van der Waals surface area contributed by atoms with Crippen LogP contribution in [0.15, 0.2) is 28.7 Å². The van der Waals surface area contributed by atoms with E-state index in [2.05, 4.69) is 45.1 Å². The standard InChI is InChI=1S/C16H22BrNO2/c1-16(2,3)20-15(19)12-8-10-18(11-9-12)14-6-4-13(17)5-7-14/h4-7,12H,8-11H2,1-3H3. The lowest BCUT2D eigenvalue weighted by Crippen LogP contribution is -2.38. The molecule has 0 amide bonds. The molecular formula is C16H22BrNO2. The number of rotatable bonds is 2. The highest BCUT2D eigenvalue weighted by atomic mass is 79.9. The Morgan fingerprint density at radius 1 is 1.20 bits per heavy atom. The zero-order valence-electron chi connectivity index (χ0n) is 12.4. The molecule has 1 aliphatic heterocycles. The van der Waals surface area contributed by atoms with Gasteiger partial charge in [-0.1, -0.05) is 15.9 Å². The summed E-state index contributed by atoms with van der Waals surface area (Å²) in [5.41, 5.74) is 0.829. The molecule has 1 saturated heterocycles. The highest BCUT2D eigenvalue weighted by Gasteiger charge is 2.29. The number of esters is 1. The van der Waals surface area contributed by atoms with E-state index >= 15 is 0 Å². The number of carbonyl (C=O) groups is 1. The summed E-state index contributed by atoms with van der Waals surface area (Å²) in [5, 5.41) is 0. The molecule has 0 atom stereocenters. The quantitative estimate of drug-likeness (QED) is 0.762. The topological polar surface area (TPSA) is 29.5 Å². The van der Waals surface area contributed by atoms with Gasteiger partial charge in [0.1, 0.15) is 5.60 Å². The number of carbonyl (C=O) groups excluding carboxylic acids is 1. The summed E-state index contributed by atoms with van der Waals surface area (Å²) in [6, 6.07) is 8.32. The minimum atomic E-state index is -0.389. The fraction of sp³-hybridized carbons (Fsp3) is 0.562. The molecule has 110 valence electrons. The molecule has 0 spiro atoms. The van der Waals surface area contributed by atoms with Crippen LogP contribution in [0.3, 0.4) is 0 Å². The van der Waals surface area contributed by atoms with Crippen LogP contribution in [0.25, 0.3) is 0 Å². The summed E-state index contributed by atoms with van der Waals surface area (Å²) in [6.45, 7) is 7.57. The largest absolute Gasteiger partial charge is 0.460 e. The maximum atomic E-state index is 12.1. The van der Waals surface area contributed by atoms with Crippen molar-refractivity contribution in [3.05, 3.63) is 28.7 Å². The number of hydrogen-bond acceptors (Lipinski definition) is 3. The van der Waals surface area contributed by atoms with Crippen LogP contribution in [0.5, 0.6) is 0 Å². The Balaban J connectivity index is 1.89. The lowest BCUT2D eigenvalue weighted by molar-refractivity contribution is -0.160. The molecule has 0 unspecified atom stereocenters. The van der Waals surface area contributed by atoms with E-state index in [1.807, 2.05) is 20.8 Å². The summed E-state index contributed by atoms with van der Waals surface area (Å²) in [4.78, 5) is 14.4. The first-order valence-corrected chi connectivity index (χ1v) is 7.88. The number of hydrogen-bond donors (Lipinski definition) is 0. The lowest BCUT2D eigenvalue weighted by atomic mass is 9.96. The van der Waals surface area contributed by atoms with Gasteiger partial charge in [-0.05, 0) is 57.9 Å². The van der Waals surface area contributed by atoms with Gasteiger partial charge in [0.2, 0.25) is 0 Å². The van der Waals surface area contributed by atoms with Gasteiger partial charge < -0.3 is 9.64 Å². The molecular weight excluding hydrogens is 318 g/mol. The molecule has 1 aromatic carbocycles. The minimum absolute atomic E-state index is 0.0425. The van der Waals surface area contributed by atoms with Crippen molar-refractivity contribution in [2.45, 2.75) is 39.2 Å². The van der Waals surface area contributed by atoms with E-state index in [0.29, 0.717) is 0 Å². The highest BCUT2D eigenvalue weighted by Crippen LogP contribution is 2.26. The highest BCUT2D eigenvalue weighted by molar-refractivity contribution is 9.10. The fourth-order valence-electron chi connectivity index (χ4n) is 2.41. The lowest BCUT2D eigenvalue weighted by Gasteiger charge is -2.33. The molecule has 1 aliphatic rings. The van der Waals surface area contributed by atoms with Gasteiger partial charge in [0.15, 0.2) is 0 Å². The Morgan fingerprint density at radius 2 is 1.75 bits per heavy atom. The summed E-state index contributed by atoms with van der Waals surface area (Å²) < 4.78 is 6.56. The van der Waals surface area contributed by atoms with Crippen LogP contribution in [0.4, 0.5) is 5.69 Å². The Labute approximate surface area is 129 Å². The maximum Gasteiger partial charge on any atom is 0.309 e. The van der Waals surface area contributed by atoms with Gasteiger partial charge in [-0.2, -0.15) is 0 Å². The number of benzene rings is 1. The zero-order chi connectivity index (χ0) is 14.8. The van der Waals surface area contributed by atoms with Crippen LogP contribution in [0, 0.1) is 5.92 Å². The van der Waals surface area contributed by atoms with Crippen LogP contribution >= 0.6 is 15.9 Å². The number of nitrogens with zero attached hydrogens (tertiary/aromatic N) is 1. The average molecular weight is 340 g/mol. The molecule has 1 aromatic rings. The van der Waals surface area contributed by atoms with Crippen molar-refractivity contribution in [3.63, 3.8) is 0 Å². The molecule has 0 radical (unpaired) electrons. The summed E-state index contributed by atoms with van der Waals surface area (Å²) in [6.07, 6.45) is 1.73. The fourth-order valence-corrected chi connectivity index (χ4v) is 2.67. The molecule has 0 bridgehead atoms. The molecule has 2 rings (SSSR count). The summed E-state index contributed by atoms with van der Waals surface area (Å²) >= 11 is 3.45. The van der Waals surface area contributed by atoms with Crippen molar-refractivity contribution in [2.75, 3.05) is 18.0 Å². The van der Waals surface area contributed by atoms with Crippen molar-refractivity contribution < 1.29 is 9.53 Å². The van der Waals surface area contributed by atoms with E-state index in [1.165, 1.54) is 5.69 Å². The van der Waals surface area contributed by atoms with Crippen LogP contribution in [-0.2, 0) is 9.53 Å². The minimum Gasteiger partial charge on any atom is -0.460 e. The number of halogens is 1. The molecule has 1 heterocycles. The van der Waals surface area contributed by atoms with Crippen LogP contribution in [0.1, 0.15) is 33.6 Å². The molecule has 3 nitrogen and oxygen atoms in total. The van der Waals surface area contributed by atoms with Crippen molar-refractivity contribution in [3.8, 4) is 0 Å². The van der Waals surface area contributed by atoms with E-state index in [1.54, 1.807) is 0 Å². The van der Waals surface area contributed by atoms with E-state index in [9.17, 15) is 4.79 Å². The zero-order valence-corrected chi connectivity index (χ0v) is 13.9. The Bertz CT molecular complexity index is 456. The van der Waals surface area contributed by atoms with E-state index in [0.717, 1.165) is 30.4 Å². The van der Waals surface area contributed by atoms with Crippen LogP contribution in [-0.4, -0.2) is 24.7 Å². The SMILES string of the molecule is CC(C)(C)OC(=O)C1CCN(c2ccc(Br)cc2)CC1. The second-order valence-electron chi connectivity index (χ2n) is 6.27. The summed E-state index contributed by atoms with van der Waals surface area (Å²) in [7, 11) is 0. The molecule has 0 N–H and O–H groups in total. The van der Waals surface area contributed by atoms with Gasteiger partial charge in [0.05, 0.1) is 5.92 Å². The van der Waals surface area contributed by atoms with Gasteiger partial charge in [-0.15, -0.1) is 0 Å². The van der Waals surface area contributed by atoms with Crippen molar-refractivity contribution >= 4 is 27.6 Å². The number of ether oxygens (including phenoxy) is 1. The van der Waals surface area contributed by atoms with E-state index in [-0.39, 0.29) is 17.5 Å². The first-order chi connectivity index (χ1) is 9.35. The molecule has 4 heteroatoms. The number of anilines is 1. The number of piperidine rings is 1. The maximum absolute atomic E-state index is 12.1. The van der Waals surface area contributed by atoms with Gasteiger partial charge in [0, 0.05) is 23.2 Å². The molecule has 20 heavy (non-hydrogen) atoms. The predicted octanol–water partition coefficient (Wildman–Crippen LogP) is 4.01. The molecule has 1 fully saturated rings. The third kappa shape index (κ3) is 4.23. The smallest absolute Gasteiger partial charge is 0.309 e. The van der Waals surface area contributed by atoms with Gasteiger partial charge in [-0.3, -0.25) is 4.79 Å². The van der Waals surface area contributed by atoms with Crippen LogP contribution < -0.4 is 4.90 Å². The first kappa shape index (κ1) is 15.4. The normalized spacial score (nSPS) is 17.1. The first-order valence-electron chi connectivity index (χ1n) is 7.08. The monoisotopic (exact) mass is 339 g/mol. The van der Waals surface area contributed by atoms with Gasteiger partial charge >= 0.3 is 5.97 Å². The molecule has 0 aromatic heterocycles. The Morgan fingerprint density at radius 3 is 2.25 bits per heavy atom. The third-order valence-electron chi connectivity index (χ3n) is 3.43. The van der Waals surface area contributed by atoms with Gasteiger partial charge in [0.25, 0.3) is 0 Å². The van der Waals surface area contributed by atoms with Gasteiger partial charge in [-0.25, -0.2) is 0 Å². The molecule has 0 aliphatic carbocycles. The summed E-state index contributed by atoms with van der Waals surface area (Å²) in [5.74, 6) is -0.00567.